The van der Waals surface area contributed by atoms with E-state index in [9.17, 15) is 0 Å². The molecule has 0 aliphatic carbocycles. The van der Waals surface area contributed by atoms with Crippen molar-refractivity contribution in [3.63, 3.8) is 0 Å². The molecule has 0 spiro atoms. The van der Waals surface area contributed by atoms with E-state index in [1.54, 1.807) is 4.90 Å². The fourth-order valence-corrected chi connectivity index (χ4v) is 1.51. The molecular weight excluding hydrogens is 152 g/mol. The first-order valence-corrected chi connectivity index (χ1v) is 3.83. The third kappa shape index (κ3) is 1.23. The summed E-state index contributed by atoms with van der Waals surface area (Å²) in [6, 6.07) is 0. The normalized spacial score (nSPS) is 23.0. The van der Waals surface area contributed by atoms with Crippen molar-refractivity contribution in [2.24, 2.45) is 0 Å². The van der Waals surface area contributed by atoms with Crippen molar-refractivity contribution in [3.05, 3.63) is 11.9 Å². The quantitative estimate of drug-likeness (QED) is 0.529. The lowest BCUT2D eigenvalue weighted by Crippen LogP contribution is -2.46. The van der Waals surface area contributed by atoms with E-state index in [0.717, 1.165) is 5.70 Å². The third-order valence-corrected chi connectivity index (χ3v) is 1.94. The lowest BCUT2D eigenvalue weighted by atomic mass is 10.5. The summed E-state index contributed by atoms with van der Waals surface area (Å²) in [6.45, 7) is 1.93. The first kappa shape index (κ1) is 8.88. The molecule has 12 heavy (non-hydrogen) atoms. The first-order chi connectivity index (χ1) is 5.57. The van der Waals surface area contributed by atoms with Gasteiger partial charge in [0.25, 0.3) is 0 Å². The summed E-state index contributed by atoms with van der Waals surface area (Å²) < 4.78 is 0. The van der Waals surface area contributed by atoms with Crippen LogP contribution in [0.5, 0.6) is 0 Å². The van der Waals surface area contributed by atoms with E-state index in [-0.39, 0.29) is 6.29 Å². The zero-order chi connectivity index (χ0) is 9.30. The Morgan fingerprint density at radius 1 is 1.58 bits per heavy atom. The second-order valence-electron chi connectivity index (χ2n) is 3.22. The van der Waals surface area contributed by atoms with Crippen LogP contribution < -0.4 is 0 Å². The van der Waals surface area contributed by atoms with Crippen LogP contribution >= 0.6 is 0 Å². The lowest BCUT2D eigenvalue weighted by molar-refractivity contribution is 0.0717. The highest BCUT2D eigenvalue weighted by Crippen LogP contribution is 2.20. The summed E-state index contributed by atoms with van der Waals surface area (Å²) >= 11 is 0. The Kier molecular flexibility index (Phi) is 2.25. The van der Waals surface area contributed by atoms with Gasteiger partial charge in [-0.3, -0.25) is 4.90 Å². The summed E-state index contributed by atoms with van der Waals surface area (Å²) in [4.78, 5) is 5.69. The summed E-state index contributed by atoms with van der Waals surface area (Å²) in [5, 5.41) is 8.86. The van der Waals surface area contributed by atoms with Crippen molar-refractivity contribution >= 4 is 0 Å². The molecule has 0 aromatic carbocycles. The molecule has 1 aliphatic rings. The van der Waals surface area contributed by atoms with Crippen molar-refractivity contribution in [2.75, 3.05) is 21.1 Å². The van der Waals surface area contributed by atoms with E-state index < -0.39 is 0 Å². The van der Waals surface area contributed by atoms with Crippen molar-refractivity contribution in [3.8, 4) is 6.19 Å². The van der Waals surface area contributed by atoms with Gasteiger partial charge in [0.2, 0.25) is 0 Å². The minimum absolute atomic E-state index is 0.0370. The summed E-state index contributed by atoms with van der Waals surface area (Å²) in [5.74, 6) is 0. The van der Waals surface area contributed by atoms with E-state index >= 15 is 0 Å². The van der Waals surface area contributed by atoms with Gasteiger partial charge >= 0.3 is 0 Å². The topological polar surface area (TPSA) is 33.5 Å². The minimum atomic E-state index is 0.0370. The molecule has 0 saturated carbocycles. The molecule has 66 valence electrons. The van der Waals surface area contributed by atoms with Crippen LogP contribution in [0.1, 0.15) is 6.92 Å². The Morgan fingerprint density at radius 3 is 2.50 bits per heavy atom. The third-order valence-electron chi connectivity index (χ3n) is 1.94. The van der Waals surface area contributed by atoms with Crippen LogP contribution in [0.15, 0.2) is 11.9 Å². The molecule has 0 N–H and O–H groups in total. The van der Waals surface area contributed by atoms with Gasteiger partial charge in [0.05, 0.1) is 0 Å². The number of nitriles is 1. The molecule has 0 aromatic heterocycles. The molecule has 1 atom stereocenters. The van der Waals surface area contributed by atoms with Gasteiger partial charge in [-0.2, -0.15) is 5.26 Å². The minimum Gasteiger partial charge on any atom is -0.346 e. The molecule has 1 heterocycles. The highest BCUT2D eigenvalue weighted by molar-refractivity contribution is 5.10. The van der Waals surface area contributed by atoms with Crippen molar-refractivity contribution in [1.82, 2.24) is 14.7 Å². The molecule has 0 saturated heterocycles. The van der Waals surface area contributed by atoms with Gasteiger partial charge in [-0.1, -0.05) is 0 Å². The largest absolute Gasteiger partial charge is 0.346 e. The predicted molar refractivity (Wildman–Crippen MR) is 46.4 cm³/mol. The summed E-state index contributed by atoms with van der Waals surface area (Å²) in [5.41, 5.74) is 0.985. The van der Waals surface area contributed by atoms with Gasteiger partial charge in [-0.25, -0.2) is 4.90 Å². The Bertz CT molecular complexity index is 238. The molecule has 4 heteroatoms. The molecule has 0 aromatic rings. The van der Waals surface area contributed by atoms with Gasteiger partial charge in [0.15, 0.2) is 12.5 Å². The fraction of sp³-hybridized carbons (Fsp3) is 0.625. The van der Waals surface area contributed by atoms with Gasteiger partial charge in [0, 0.05) is 18.9 Å². The lowest BCUT2D eigenvalue weighted by Gasteiger charge is -2.31. The number of hydrogen-bond donors (Lipinski definition) is 0. The number of hydrogen-bond acceptors (Lipinski definition) is 4. The van der Waals surface area contributed by atoms with E-state index in [1.165, 1.54) is 0 Å². The maximum atomic E-state index is 8.86. The number of nitrogens with zero attached hydrogens (tertiary/aromatic N) is 4. The molecule has 1 aliphatic heterocycles. The molecule has 0 fully saturated rings. The standard InChI is InChI=1S/C8H14N4/c1-7-5-11(4)8(10(2)3)12(7)6-9/h5,8H,1-4H3. The van der Waals surface area contributed by atoms with E-state index in [0.29, 0.717) is 0 Å². The van der Waals surface area contributed by atoms with Crippen LogP contribution in [0.4, 0.5) is 0 Å². The smallest absolute Gasteiger partial charge is 0.187 e. The molecular formula is C8H14N4. The summed E-state index contributed by atoms with van der Waals surface area (Å²) in [7, 11) is 5.88. The summed E-state index contributed by atoms with van der Waals surface area (Å²) in [6.07, 6.45) is 4.16. The molecule has 1 unspecified atom stereocenters. The number of allylic oxidation sites excluding steroid dienone is 1. The highest BCUT2D eigenvalue weighted by Gasteiger charge is 2.29. The zero-order valence-electron chi connectivity index (χ0n) is 7.94. The van der Waals surface area contributed by atoms with Crippen LogP contribution in [0.25, 0.3) is 0 Å². The Morgan fingerprint density at radius 2 is 2.17 bits per heavy atom. The molecule has 0 radical (unpaired) electrons. The SMILES string of the molecule is CC1=CN(C)C(N(C)C)N1C#N. The molecule has 4 nitrogen and oxygen atoms in total. The zero-order valence-corrected chi connectivity index (χ0v) is 7.94. The first-order valence-electron chi connectivity index (χ1n) is 3.83. The van der Waals surface area contributed by atoms with Crippen LogP contribution in [0, 0.1) is 11.5 Å². The Balaban J connectivity index is 2.85. The van der Waals surface area contributed by atoms with Crippen molar-refractivity contribution in [1.29, 1.82) is 5.26 Å². The van der Waals surface area contributed by atoms with E-state index in [4.69, 9.17) is 5.26 Å². The highest BCUT2D eigenvalue weighted by atomic mass is 15.5. The van der Waals surface area contributed by atoms with E-state index in [1.807, 2.05) is 44.1 Å². The number of rotatable bonds is 1. The monoisotopic (exact) mass is 166 g/mol. The van der Waals surface area contributed by atoms with Crippen LogP contribution in [-0.4, -0.2) is 42.1 Å². The van der Waals surface area contributed by atoms with Crippen molar-refractivity contribution in [2.45, 2.75) is 13.2 Å². The maximum absolute atomic E-state index is 8.86. The van der Waals surface area contributed by atoms with E-state index in [2.05, 4.69) is 6.19 Å². The average Bonchev–Trinajstić information content (AvgIpc) is 2.24. The van der Waals surface area contributed by atoms with Gasteiger partial charge < -0.3 is 4.90 Å². The predicted octanol–water partition coefficient (Wildman–Crippen LogP) is 0.421. The van der Waals surface area contributed by atoms with Gasteiger partial charge in [0.1, 0.15) is 0 Å². The van der Waals surface area contributed by atoms with Gasteiger partial charge in [-0.05, 0) is 21.0 Å². The molecule has 0 amide bonds. The fourth-order valence-electron chi connectivity index (χ4n) is 1.51. The van der Waals surface area contributed by atoms with Crippen molar-refractivity contribution < 1.29 is 0 Å². The van der Waals surface area contributed by atoms with Crippen LogP contribution in [-0.2, 0) is 0 Å². The molecule has 1 rings (SSSR count). The Hall–Kier alpha value is -1.21. The molecule has 0 bridgehead atoms. The maximum Gasteiger partial charge on any atom is 0.187 e. The average molecular weight is 166 g/mol. The van der Waals surface area contributed by atoms with Crippen LogP contribution in [0.3, 0.4) is 0 Å². The van der Waals surface area contributed by atoms with Gasteiger partial charge in [-0.15, -0.1) is 0 Å². The van der Waals surface area contributed by atoms with Crippen LogP contribution in [0.2, 0.25) is 0 Å². The Labute approximate surface area is 73.3 Å². The second-order valence-corrected chi connectivity index (χ2v) is 3.22. The second kappa shape index (κ2) is 3.03.